The van der Waals surface area contributed by atoms with E-state index < -0.39 is 11.0 Å². The van der Waals surface area contributed by atoms with Crippen molar-refractivity contribution < 1.29 is 9.00 Å². The molecule has 8 heteroatoms. The van der Waals surface area contributed by atoms with Gasteiger partial charge in [0.2, 0.25) is 0 Å². The number of aromatic nitrogens is 2. The fourth-order valence-electron chi connectivity index (χ4n) is 2.79. The van der Waals surface area contributed by atoms with Gasteiger partial charge >= 0.3 is 0 Å². The summed E-state index contributed by atoms with van der Waals surface area (Å²) in [7, 11) is -1.08. The average molecular weight is 361 g/mol. The Hall–Kier alpha value is -2.19. The minimum atomic E-state index is -1.08. The Labute approximate surface area is 150 Å². The molecule has 2 heterocycles. The molecule has 7 nitrogen and oxygen atoms in total. The molecule has 0 radical (unpaired) electrons. The second-order valence-electron chi connectivity index (χ2n) is 5.96. The number of nitrogens with zero attached hydrogens (tertiary/aromatic N) is 3. The molecule has 1 aromatic carbocycles. The summed E-state index contributed by atoms with van der Waals surface area (Å²) < 4.78 is 14.4. The first kappa shape index (κ1) is 17.6. The third kappa shape index (κ3) is 4.67. The normalized spacial score (nSPS) is 16.6. The molecule has 3 rings (SSSR count). The number of hydrogen-bond donors (Lipinski definition) is 2. The largest absolute Gasteiger partial charge is 0.347 e. The van der Waals surface area contributed by atoms with Crippen LogP contribution < -0.4 is 4.72 Å². The maximum absolute atomic E-state index is 12.6. The van der Waals surface area contributed by atoms with Gasteiger partial charge in [0.25, 0.3) is 5.91 Å². The fourth-order valence-corrected chi connectivity index (χ4v) is 3.33. The van der Waals surface area contributed by atoms with Crippen LogP contribution in [-0.2, 0) is 17.5 Å². The summed E-state index contributed by atoms with van der Waals surface area (Å²) in [5, 5.41) is 0. The van der Waals surface area contributed by atoms with Gasteiger partial charge in [-0.25, -0.2) is 9.19 Å². The highest BCUT2D eigenvalue weighted by molar-refractivity contribution is 7.86. The molecule has 134 valence electrons. The molecule has 1 amide bonds. The second-order valence-corrected chi connectivity index (χ2v) is 7.43. The van der Waals surface area contributed by atoms with E-state index in [4.69, 9.17) is 0 Å². The molecule has 0 spiro atoms. The lowest BCUT2D eigenvalue weighted by Crippen LogP contribution is -2.48. The van der Waals surface area contributed by atoms with Crippen molar-refractivity contribution in [1.82, 2.24) is 19.8 Å². The zero-order chi connectivity index (χ0) is 17.6. The maximum atomic E-state index is 12.6. The summed E-state index contributed by atoms with van der Waals surface area (Å²) >= 11 is 0. The standard InChI is InChI=1S/C17H23N5O2S/c1-2-25(24)20-15-5-3-14(4-6-15)17(23)22-9-7-21(8-10-22)12-16-11-18-13-19-16/h3-6,11,13,20H,2,7-10,12H2,1H3,(H,18,19). The zero-order valence-corrected chi connectivity index (χ0v) is 15.1. The first-order chi connectivity index (χ1) is 12.2. The van der Waals surface area contributed by atoms with Gasteiger partial charge < -0.3 is 14.6 Å². The molecule has 1 atom stereocenters. The van der Waals surface area contributed by atoms with Crippen molar-refractivity contribution in [3.05, 3.63) is 48.0 Å². The highest BCUT2D eigenvalue weighted by Crippen LogP contribution is 2.14. The molecule has 0 saturated carbocycles. The second kappa shape index (κ2) is 8.26. The van der Waals surface area contributed by atoms with Crippen LogP contribution in [0, 0.1) is 0 Å². The van der Waals surface area contributed by atoms with Gasteiger partial charge in [-0.3, -0.25) is 9.69 Å². The van der Waals surface area contributed by atoms with Crippen LogP contribution in [0.1, 0.15) is 23.0 Å². The minimum absolute atomic E-state index is 0.0457. The molecule has 1 saturated heterocycles. The van der Waals surface area contributed by atoms with E-state index in [0.717, 1.165) is 31.0 Å². The molecule has 1 unspecified atom stereocenters. The Morgan fingerprint density at radius 1 is 1.24 bits per heavy atom. The van der Waals surface area contributed by atoms with Gasteiger partial charge in [0.1, 0.15) is 11.0 Å². The summed E-state index contributed by atoms with van der Waals surface area (Å²) in [5.41, 5.74) is 2.52. The molecule has 25 heavy (non-hydrogen) atoms. The van der Waals surface area contributed by atoms with Crippen LogP contribution in [0.3, 0.4) is 0 Å². The number of rotatable bonds is 6. The van der Waals surface area contributed by atoms with Gasteiger partial charge in [0.05, 0.1) is 6.33 Å². The van der Waals surface area contributed by atoms with Crippen LogP contribution in [0.4, 0.5) is 5.69 Å². The summed E-state index contributed by atoms with van der Waals surface area (Å²) in [6, 6.07) is 7.17. The monoisotopic (exact) mass is 361 g/mol. The number of nitrogens with one attached hydrogen (secondary N) is 2. The van der Waals surface area contributed by atoms with E-state index in [9.17, 15) is 9.00 Å². The van der Waals surface area contributed by atoms with Crippen LogP contribution in [-0.4, -0.2) is 61.8 Å². The van der Waals surface area contributed by atoms with Crippen molar-refractivity contribution in [2.75, 3.05) is 36.7 Å². The van der Waals surface area contributed by atoms with Crippen molar-refractivity contribution in [2.45, 2.75) is 13.5 Å². The van der Waals surface area contributed by atoms with E-state index in [0.29, 0.717) is 24.4 Å². The lowest BCUT2D eigenvalue weighted by Gasteiger charge is -2.34. The zero-order valence-electron chi connectivity index (χ0n) is 14.3. The Morgan fingerprint density at radius 2 is 1.96 bits per heavy atom. The molecule has 1 fully saturated rings. The minimum Gasteiger partial charge on any atom is -0.347 e. The summed E-state index contributed by atoms with van der Waals surface area (Å²) in [6.07, 6.45) is 3.52. The van der Waals surface area contributed by atoms with Crippen molar-refractivity contribution >= 4 is 22.6 Å². The Balaban J connectivity index is 1.52. The molecule has 0 aliphatic carbocycles. The summed E-state index contributed by atoms with van der Waals surface area (Å²) in [6.45, 7) is 5.81. The van der Waals surface area contributed by atoms with Crippen LogP contribution in [0.2, 0.25) is 0 Å². The Bertz CT molecular complexity index is 709. The number of carbonyl (C=O) groups is 1. The molecule has 1 aliphatic rings. The number of hydrogen-bond acceptors (Lipinski definition) is 4. The number of carbonyl (C=O) groups excluding carboxylic acids is 1. The number of benzene rings is 1. The SMILES string of the molecule is CCS(=O)Nc1ccc(C(=O)N2CCN(Cc3cnc[nH]3)CC2)cc1. The van der Waals surface area contributed by atoms with E-state index in [1.807, 2.05) is 18.0 Å². The lowest BCUT2D eigenvalue weighted by atomic mass is 10.1. The van der Waals surface area contributed by atoms with Gasteiger partial charge in [-0.1, -0.05) is 6.92 Å². The molecular formula is C17H23N5O2S. The van der Waals surface area contributed by atoms with Crippen molar-refractivity contribution in [1.29, 1.82) is 0 Å². The summed E-state index contributed by atoms with van der Waals surface area (Å²) in [5.74, 6) is 0.591. The number of imidazole rings is 1. The number of H-pyrrole nitrogens is 1. The van der Waals surface area contributed by atoms with Crippen molar-refractivity contribution in [3.8, 4) is 0 Å². The molecule has 2 aromatic rings. The van der Waals surface area contributed by atoms with Crippen LogP contribution in [0.5, 0.6) is 0 Å². The van der Waals surface area contributed by atoms with Gasteiger partial charge in [-0.2, -0.15) is 0 Å². The number of amides is 1. The van der Waals surface area contributed by atoms with E-state index in [2.05, 4.69) is 19.6 Å². The van der Waals surface area contributed by atoms with Crippen molar-refractivity contribution in [3.63, 3.8) is 0 Å². The van der Waals surface area contributed by atoms with E-state index in [-0.39, 0.29) is 5.91 Å². The van der Waals surface area contributed by atoms with E-state index in [1.54, 1.807) is 30.6 Å². The first-order valence-corrected chi connectivity index (χ1v) is 9.71. The van der Waals surface area contributed by atoms with Gasteiger partial charge in [-0.05, 0) is 24.3 Å². The third-order valence-electron chi connectivity index (χ3n) is 4.23. The predicted molar refractivity (Wildman–Crippen MR) is 98.5 cm³/mol. The first-order valence-electron chi connectivity index (χ1n) is 8.39. The molecule has 2 N–H and O–H groups in total. The quantitative estimate of drug-likeness (QED) is 0.816. The van der Waals surface area contributed by atoms with Gasteiger partial charge in [0, 0.05) is 61.6 Å². The lowest BCUT2D eigenvalue weighted by molar-refractivity contribution is 0.0627. The highest BCUT2D eigenvalue weighted by atomic mass is 32.2. The number of aromatic amines is 1. The number of anilines is 1. The third-order valence-corrected chi connectivity index (χ3v) is 5.22. The topological polar surface area (TPSA) is 81.3 Å². The fraction of sp³-hybridized carbons (Fsp3) is 0.412. The Morgan fingerprint density at radius 3 is 2.56 bits per heavy atom. The average Bonchev–Trinajstić information content (AvgIpc) is 3.15. The number of piperazine rings is 1. The van der Waals surface area contributed by atoms with Crippen LogP contribution in [0.15, 0.2) is 36.8 Å². The Kier molecular flexibility index (Phi) is 5.83. The molecule has 0 bridgehead atoms. The highest BCUT2D eigenvalue weighted by Gasteiger charge is 2.22. The maximum Gasteiger partial charge on any atom is 0.253 e. The predicted octanol–water partition coefficient (Wildman–Crippen LogP) is 1.46. The summed E-state index contributed by atoms with van der Waals surface area (Å²) in [4.78, 5) is 24.0. The van der Waals surface area contributed by atoms with Crippen LogP contribution in [0.25, 0.3) is 0 Å². The van der Waals surface area contributed by atoms with E-state index in [1.165, 1.54) is 0 Å². The smallest absolute Gasteiger partial charge is 0.253 e. The molecule has 1 aliphatic heterocycles. The van der Waals surface area contributed by atoms with E-state index >= 15 is 0 Å². The molecule has 1 aromatic heterocycles. The molecular weight excluding hydrogens is 338 g/mol. The van der Waals surface area contributed by atoms with Crippen molar-refractivity contribution in [2.24, 2.45) is 0 Å². The van der Waals surface area contributed by atoms with Crippen LogP contribution >= 0.6 is 0 Å². The van der Waals surface area contributed by atoms with Gasteiger partial charge in [0.15, 0.2) is 0 Å². The van der Waals surface area contributed by atoms with Gasteiger partial charge in [-0.15, -0.1) is 0 Å².